The molecule has 0 saturated heterocycles. The van der Waals surface area contributed by atoms with Crippen molar-refractivity contribution in [3.8, 4) is 0 Å². The number of hydrogen-bond donors (Lipinski definition) is 0. The minimum Gasteiger partial charge on any atom is -0.299 e. The highest BCUT2D eigenvalue weighted by molar-refractivity contribution is 5.86. The molecule has 3 heteroatoms. The van der Waals surface area contributed by atoms with E-state index >= 15 is 0 Å². The van der Waals surface area contributed by atoms with Gasteiger partial charge in [0.15, 0.2) is 0 Å². The Kier molecular flexibility index (Phi) is 2.14. The highest BCUT2D eigenvalue weighted by Crippen LogP contribution is 2.61. The third-order valence-corrected chi connectivity index (χ3v) is 3.16. The summed E-state index contributed by atoms with van der Waals surface area (Å²) in [5.74, 6) is -3.43. The van der Waals surface area contributed by atoms with Crippen LogP contribution in [0.3, 0.4) is 0 Å². The van der Waals surface area contributed by atoms with Crippen molar-refractivity contribution < 1.29 is 13.6 Å². The zero-order valence-corrected chi connectivity index (χ0v) is 8.47. The summed E-state index contributed by atoms with van der Waals surface area (Å²) in [5, 5.41) is 0. The van der Waals surface area contributed by atoms with Crippen LogP contribution in [0.1, 0.15) is 25.3 Å². The van der Waals surface area contributed by atoms with Crippen molar-refractivity contribution in [2.75, 3.05) is 0 Å². The molecule has 1 aliphatic carbocycles. The monoisotopic (exact) mass is 210 g/mol. The second-order valence-electron chi connectivity index (χ2n) is 4.08. The maximum atomic E-state index is 14.0. The van der Waals surface area contributed by atoms with Crippen molar-refractivity contribution in [1.29, 1.82) is 0 Å². The number of rotatable bonds is 3. The maximum absolute atomic E-state index is 14.0. The Balaban J connectivity index is 2.40. The summed E-state index contributed by atoms with van der Waals surface area (Å²) in [6, 6.07) is 7.58. The predicted molar refractivity (Wildman–Crippen MR) is 52.7 cm³/mol. The van der Waals surface area contributed by atoms with E-state index < -0.39 is 17.1 Å². The SMILES string of the molecule is CC(=O)C1(C(F)(F)c2ccccc2)CC1. The third kappa shape index (κ3) is 1.37. The Morgan fingerprint density at radius 2 is 1.80 bits per heavy atom. The van der Waals surface area contributed by atoms with E-state index in [0.717, 1.165) is 0 Å². The zero-order chi connectivity index (χ0) is 11.1. The first-order chi connectivity index (χ1) is 7.01. The van der Waals surface area contributed by atoms with E-state index in [2.05, 4.69) is 0 Å². The van der Waals surface area contributed by atoms with Crippen LogP contribution in [-0.4, -0.2) is 5.78 Å². The van der Waals surface area contributed by atoms with Gasteiger partial charge < -0.3 is 0 Å². The molecule has 1 aliphatic rings. The third-order valence-electron chi connectivity index (χ3n) is 3.16. The molecule has 0 amide bonds. The number of carbonyl (C=O) groups excluding carboxylic acids is 1. The predicted octanol–water partition coefficient (Wildman–Crippen LogP) is 3.15. The van der Waals surface area contributed by atoms with Crippen LogP contribution in [0.5, 0.6) is 0 Å². The minimum absolute atomic E-state index is 0.0577. The summed E-state index contributed by atoms with van der Waals surface area (Å²) < 4.78 is 28.1. The molecule has 80 valence electrons. The normalized spacial score (nSPS) is 18.6. The molecule has 1 nitrogen and oxygen atoms in total. The molecule has 0 aromatic heterocycles. The number of Topliss-reactive ketones (excluding diaryl/α,β-unsaturated/α-hetero) is 1. The first kappa shape index (κ1) is 10.3. The molecule has 2 rings (SSSR count). The number of halogens is 2. The average molecular weight is 210 g/mol. The lowest BCUT2D eigenvalue weighted by atomic mass is 9.88. The van der Waals surface area contributed by atoms with Crippen LogP contribution < -0.4 is 0 Å². The summed E-state index contributed by atoms with van der Waals surface area (Å²) in [5.41, 5.74) is -1.48. The standard InChI is InChI=1S/C12H12F2O/c1-9(15)11(7-8-11)12(13,14)10-5-3-2-4-6-10/h2-6H,7-8H2,1H3. The van der Waals surface area contributed by atoms with Gasteiger partial charge in [-0.25, -0.2) is 8.78 Å². The summed E-state index contributed by atoms with van der Waals surface area (Å²) >= 11 is 0. The van der Waals surface area contributed by atoms with E-state index in [0.29, 0.717) is 12.8 Å². The van der Waals surface area contributed by atoms with Gasteiger partial charge in [-0.3, -0.25) is 4.79 Å². The van der Waals surface area contributed by atoms with Crippen LogP contribution in [0, 0.1) is 5.41 Å². The number of alkyl halides is 2. The Bertz CT molecular complexity index is 380. The first-order valence-corrected chi connectivity index (χ1v) is 4.95. The van der Waals surface area contributed by atoms with Crippen LogP contribution >= 0.6 is 0 Å². The molecule has 1 aromatic rings. The fourth-order valence-corrected chi connectivity index (χ4v) is 1.94. The minimum atomic E-state index is -3.03. The molecule has 0 N–H and O–H groups in total. The second-order valence-corrected chi connectivity index (χ2v) is 4.08. The van der Waals surface area contributed by atoms with Crippen LogP contribution in [0.4, 0.5) is 8.78 Å². The Hall–Kier alpha value is -1.25. The molecule has 0 radical (unpaired) electrons. The molecule has 0 aliphatic heterocycles. The van der Waals surface area contributed by atoms with Crippen LogP contribution in [0.15, 0.2) is 30.3 Å². The van der Waals surface area contributed by atoms with Gasteiger partial charge in [0.1, 0.15) is 5.78 Å². The highest BCUT2D eigenvalue weighted by Gasteiger charge is 2.65. The van der Waals surface area contributed by atoms with Crippen LogP contribution in [0.25, 0.3) is 0 Å². The highest BCUT2D eigenvalue weighted by atomic mass is 19.3. The number of ketones is 1. The second kappa shape index (κ2) is 3.12. The van der Waals surface area contributed by atoms with Crippen LogP contribution in [-0.2, 0) is 10.7 Å². The fraction of sp³-hybridized carbons (Fsp3) is 0.417. The van der Waals surface area contributed by atoms with Crippen molar-refractivity contribution >= 4 is 5.78 Å². The van der Waals surface area contributed by atoms with E-state index in [-0.39, 0.29) is 5.56 Å². The molecule has 1 aromatic carbocycles. The number of benzene rings is 1. The van der Waals surface area contributed by atoms with E-state index in [4.69, 9.17) is 0 Å². The smallest absolute Gasteiger partial charge is 0.285 e. The Morgan fingerprint density at radius 1 is 1.27 bits per heavy atom. The van der Waals surface area contributed by atoms with Gasteiger partial charge >= 0.3 is 0 Å². The Labute approximate surface area is 87.1 Å². The maximum Gasteiger partial charge on any atom is 0.285 e. The molecular weight excluding hydrogens is 198 g/mol. The van der Waals surface area contributed by atoms with E-state index in [1.807, 2.05) is 0 Å². The first-order valence-electron chi connectivity index (χ1n) is 4.95. The summed E-state index contributed by atoms with van der Waals surface area (Å²) in [6.07, 6.45) is 0.592. The Morgan fingerprint density at radius 3 is 2.20 bits per heavy atom. The lowest BCUT2D eigenvalue weighted by Gasteiger charge is -2.24. The van der Waals surface area contributed by atoms with Gasteiger partial charge in [0.05, 0.1) is 5.41 Å². The van der Waals surface area contributed by atoms with Crippen molar-refractivity contribution in [1.82, 2.24) is 0 Å². The molecular formula is C12H12F2O. The van der Waals surface area contributed by atoms with Crippen LogP contribution in [0.2, 0.25) is 0 Å². The lowest BCUT2D eigenvalue weighted by molar-refractivity contribution is -0.141. The van der Waals surface area contributed by atoms with Gasteiger partial charge in [-0.2, -0.15) is 0 Å². The molecule has 0 bridgehead atoms. The fourth-order valence-electron chi connectivity index (χ4n) is 1.94. The van der Waals surface area contributed by atoms with Gasteiger partial charge in [-0.15, -0.1) is 0 Å². The van der Waals surface area contributed by atoms with Gasteiger partial charge in [0, 0.05) is 5.56 Å². The van der Waals surface area contributed by atoms with E-state index in [1.54, 1.807) is 18.2 Å². The van der Waals surface area contributed by atoms with Gasteiger partial charge in [0.25, 0.3) is 5.92 Å². The number of carbonyl (C=O) groups is 1. The van der Waals surface area contributed by atoms with Gasteiger partial charge in [-0.1, -0.05) is 30.3 Å². The molecule has 0 atom stereocenters. The van der Waals surface area contributed by atoms with E-state index in [1.165, 1.54) is 19.1 Å². The molecule has 1 saturated carbocycles. The quantitative estimate of drug-likeness (QED) is 0.749. The molecule has 15 heavy (non-hydrogen) atoms. The largest absolute Gasteiger partial charge is 0.299 e. The van der Waals surface area contributed by atoms with Crippen molar-refractivity contribution in [2.45, 2.75) is 25.7 Å². The zero-order valence-electron chi connectivity index (χ0n) is 8.47. The molecule has 0 spiro atoms. The van der Waals surface area contributed by atoms with Crippen molar-refractivity contribution in [3.05, 3.63) is 35.9 Å². The summed E-state index contributed by atoms with van der Waals surface area (Å²) in [4.78, 5) is 11.3. The van der Waals surface area contributed by atoms with E-state index in [9.17, 15) is 13.6 Å². The molecule has 0 unspecified atom stereocenters. The van der Waals surface area contributed by atoms with Crippen molar-refractivity contribution in [2.24, 2.45) is 5.41 Å². The summed E-state index contributed by atoms with van der Waals surface area (Å²) in [6.45, 7) is 1.25. The summed E-state index contributed by atoms with van der Waals surface area (Å²) in [7, 11) is 0. The topological polar surface area (TPSA) is 17.1 Å². The lowest BCUT2D eigenvalue weighted by Crippen LogP contribution is -2.33. The van der Waals surface area contributed by atoms with Crippen molar-refractivity contribution in [3.63, 3.8) is 0 Å². The number of hydrogen-bond acceptors (Lipinski definition) is 1. The average Bonchev–Trinajstić information content (AvgIpc) is 3.00. The van der Waals surface area contributed by atoms with Gasteiger partial charge in [0.2, 0.25) is 0 Å². The van der Waals surface area contributed by atoms with Gasteiger partial charge in [-0.05, 0) is 19.8 Å². The molecule has 0 heterocycles. The molecule has 1 fully saturated rings.